The Labute approximate surface area is 170 Å². The van der Waals surface area contributed by atoms with Gasteiger partial charge < -0.3 is 14.6 Å². The number of rotatable bonds is 3. The van der Waals surface area contributed by atoms with Crippen LogP contribution in [0.2, 0.25) is 0 Å². The predicted octanol–water partition coefficient (Wildman–Crippen LogP) is 1.56. The third-order valence-electron chi connectivity index (χ3n) is 4.75. The average molecular weight is 426 g/mol. The lowest BCUT2D eigenvalue weighted by Crippen LogP contribution is -2.38. The number of carbonyl (C=O) groups is 2. The SMILES string of the molecule is O=C(O)C(F)(F)F.O=C(c1cnccn1)N1CCn2cc(CN3CCCC3)nc2C1. The topological polar surface area (TPSA) is 104 Å². The van der Waals surface area contributed by atoms with Gasteiger partial charge >= 0.3 is 12.1 Å². The van der Waals surface area contributed by atoms with Crippen molar-refractivity contribution in [2.45, 2.75) is 38.7 Å². The number of aliphatic carboxylic acids is 1. The van der Waals surface area contributed by atoms with Crippen LogP contribution in [0.4, 0.5) is 13.2 Å². The lowest BCUT2D eigenvalue weighted by atomic mass is 10.3. The van der Waals surface area contributed by atoms with Gasteiger partial charge in [0, 0.05) is 38.2 Å². The maximum Gasteiger partial charge on any atom is 0.490 e. The molecule has 2 aliphatic rings. The van der Waals surface area contributed by atoms with Gasteiger partial charge in [-0.3, -0.25) is 14.7 Å². The number of carboxylic acid groups (broad SMARTS) is 1. The van der Waals surface area contributed by atoms with Crippen LogP contribution in [-0.4, -0.2) is 72.1 Å². The first kappa shape index (κ1) is 21.7. The maximum absolute atomic E-state index is 12.5. The quantitative estimate of drug-likeness (QED) is 0.794. The van der Waals surface area contributed by atoms with E-state index >= 15 is 0 Å². The van der Waals surface area contributed by atoms with Gasteiger partial charge in [0.1, 0.15) is 11.5 Å². The fourth-order valence-electron chi connectivity index (χ4n) is 3.30. The minimum atomic E-state index is -5.08. The zero-order valence-electron chi connectivity index (χ0n) is 16.0. The van der Waals surface area contributed by atoms with E-state index < -0.39 is 12.1 Å². The van der Waals surface area contributed by atoms with Gasteiger partial charge in [-0.25, -0.2) is 14.8 Å². The number of alkyl halides is 3. The van der Waals surface area contributed by atoms with E-state index in [4.69, 9.17) is 14.9 Å². The molecule has 0 radical (unpaired) electrons. The molecule has 0 aromatic carbocycles. The second kappa shape index (κ2) is 9.20. The molecule has 0 spiro atoms. The van der Waals surface area contributed by atoms with Crippen LogP contribution in [0.1, 0.15) is 34.8 Å². The summed E-state index contributed by atoms with van der Waals surface area (Å²) in [5, 5.41) is 7.12. The molecule has 4 heterocycles. The Morgan fingerprint density at radius 2 is 1.80 bits per heavy atom. The minimum absolute atomic E-state index is 0.0755. The Balaban J connectivity index is 0.000000318. The normalized spacial score (nSPS) is 16.6. The number of imidazole rings is 1. The van der Waals surface area contributed by atoms with Gasteiger partial charge in [-0.15, -0.1) is 0 Å². The van der Waals surface area contributed by atoms with Gasteiger partial charge in [0.2, 0.25) is 0 Å². The van der Waals surface area contributed by atoms with E-state index in [9.17, 15) is 18.0 Å². The van der Waals surface area contributed by atoms with Crippen molar-refractivity contribution in [3.8, 4) is 0 Å². The van der Waals surface area contributed by atoms with Crippen molar-refractivity contribution in [3.63, 3.8) is 0 Å². The Bertz CT molecular complexity index is 881. The number of likely N-dealkylation sites (tertiary alicyclic amines) is 1. The predicted molar refractivity (Wildman–Crippen MR) is 97.2 cm³/mol. The Hall–Kier alpha value is -3.02. The number of carbonyl (C=O) groups excluding carboxylic acids is 1. The van der Waals surface area contributed by atoms with Crippen LogP contribution in [0.25, 0.3) is 0 Å². The second-order valence-electron chi connectivity index (χ2n) is 6.95. The molecule has 2 aromatic heterocycles. The second-order valence-corrected chi connectivity index (χ2v) is 6.95. The Kier molecular flexibility index (Phi) is 6.65. The van der Waals surface area contributed by atoms with E-state index in [1.807, 2.05) is 0 Å². The van der Waals surface area contributed by atoms with Gasteiger partial charge in [-0.2, -0.15) is 13.2 Å². The molecule has 0 aliphatic carbocycles. The molecule has 0 unspecified atom stereocenters. The number of amides is 1. The molecule has 2 aliphatic heterocycles. The van der Waals surface area contributed by atoms with Crippen LogP contribution in [0.3, 0.4) is 0 Å². The lowest BCUT2D eigenvalue weighted by molar-refractivity contribution is -0.192. The number of hydrogen-bond donors (Lipinski definition) is 1. The van der Waals surface area contributed by atoms with Gasteiger partial charge in [-0.05, 0) is 25.9 Å². The van der Waals surface area contributed by atoms with Crippen LogP contribution < -0.4 is 0 Å². The molecule has 162 valence electrons. The third kappa shape index (κ3) is 5.53. The summed E-state index contributed by atoms with van der Waals surface area (Å²) in [6, 6.07) is 0. The maximum atomic E-state index is 12.5. The van der Waals surface area contributed by atoms with E-state index in [0.29, 0.717) is 18.8 Å². The van der Waals surface area contributed by atoms with Crippen molar-refractivity contribution in [3.05, 3.63) is 42.0 Å². The number of aromatic nitrogens is 4. The summed E-state index contributed by atoms with van der Waals surface area (Å²) < 4.78 is 33.9. The first-order valence-corrected chi connectivity index (χ1v) is 9.36. The average Bonchev–Trinajstić information content (AvgIpc) is 3.36. The molecule has 2 aromatic rings. The summed E-state index contributed by atoms with van der Waals surface area (Å²) in [7, 11) is 0. The van der Waals surface area contributed by atoms with Crippen molar-refractivity contribution in [1.82, 2.24) is 29.3 Å². The van der Waals surface area contributed by atoms with Crippen molar-refractivity contribution < 1.29 is 27.9 Å². The zero-order valence-corrected chi connectivity index (χ0v) is 16.0. The summed E-state index contributed by atoms with van der Waals surface area (Å²) in [5.41, 5.74) is 1.50. The molecular weight excluding hydrogens is 405 g/mol. The fourth-order valence-corrected chi connectivity index (χ4v) is 3.30. The van der Waals surface area contributed by atoms with Gasteiger partial charge in [0.05, 0.1) is 18.4 Å². The number of nitrogens with zero attached hydrogens (tertiary/aromatic N) is 6. The van der Waals surface area contributed by atoms with E-state index in [1.54, 1.807) is 17.3 Å². The van der Waals surface area contributed by atoms with Gasteiger partial charge in [-0.1, -0.05) is 0 Å². The summed E-state index contributed by atoms with van der Waals surface area (Å²) >= 11 is 0. The van der Waals surface area contributed by atoms with E-state index in [1.165, 1.54) is 32.1 Å². The number of fused-ring (bicyclic) bond motifs is 1. The standard InChI is InChI=1S/C16H20N6O.C2HF3O2/c23-16(14-9-17-3-4-18-14)22-8-7-21-11-13(19-15(21)12-22)10-20-5-1-2-6-20;3-2(4,5)1(6)7/h3-4,9,11H,1-2,5-8,10,12H2;(H,6,7). The third-order valence-corrected chi connectivity index (χ3v) is 4.75. The van der Waals surface area contributed by atoms with Crippen LogP contribution in [0.5, 0.6) is 0 Å². The van der Waals surface area contributed by atoms with Crippen LogP contribution >= 0.6 is 0 Å². The monoisotopic (exact) mass is 426 g/mol. The summed E-state index contributed by atoms with van der Waals surface area (Å²) in [6.45, 7) is 5.25. The van der Waals surface area contributed by atoms with Crippen LogP contribution in [-0.2, 0) is 24.4 Å². The highest BCUT2D eigenvalue weighted by Gasteiger charge is 2.38. The highest BCUT2D eigenvalue weighted by atomic mass is 19.4. The smallest absolute Gasteiger partial charge is 0.475 e. The minimum Gasteiger partial charge on any atom is -0.475 e. The van der Waals surface area contributed by atoms with E-state index in [2.05, 4.69) is 25.6 Å². The zero-order chi connectivity index (χ0) is 21.7. The fraction of sp³-hybridized carbons (Fsp3) is 0.500. The van der Waals surface area contributed by atoms with Crippen LogP contribution in [0.15, 0.2) is 24.8 Å². The molecule has 1 fully saturated rings. The van der Waals surface area contributed by atoms with Crippen molar-refractivity contribution in [2.75, 3.05) is 19.6 Å². The van der Waals surface area contributed by atoms with Crippen molar-refractivity contribution in [1.29, 1.82) is 0 Å². The lowest BCUT2D eigenvalue weighted by Gasteiger charge is -2.27. The Morgan fingerprint density at radius 3 is 2.40 bits per heavy atom. The highest BCUT2D eigenvalue weighted by Crippen LogP contribution is 2.17. The molecule has 30 heavy (non-hydrogen) atoms. The molecule has 9 nitrogen and oxygen atoms in total. The largest absolute Gasteiger partial charge is 0.490 e. The molecule has 1 amide bonds. The van der Waals surface area contributed by atoms with Gasteiger partial charge in [0.15, 0.2) is 0 Å². The molecule has 1 saturated heterocycles. The van der Waals surface area contributed by atoms with Crippen molar-refractivity contribution >= 4 is 11.9 Å². The molecule has 12 heteroatoms. The number of halogens is 3. The first-order valence-electron chi connectivity index (χ1n) is 9.36. The number of carboxylic acids is 1. The first-order chi connectivity index (χ1) is 14.2. The van der Waals surface area contributed by atoms with Gasteiger partial charge in [0.25, 0.3) is 5.91 Å². The molecule has 1 N–H and O–H groups in total. The van der Waals surface area contributed by atoms with E-state index in [-0.39, 0.29) is 5.91 Å². The number of hydrogen-bond acceptors (Lipinski definition) is 6. The summed E-state index contributed by atoms with van der Waals surface area (Å²) in [4.78, 5) is 38.4. The van der Waals surface area contributed by atoms with Crippen molar-refractivity contribution in [2.24, 2.45) is 0 Å². The highest BCUT2D eigenvalue weighted by molar-refractivity contribution is 5.91. The molecule has 0 atom stereocenters. The summed E-state index contributed by atoms with van der Waals surface area (Å²) in [5.74, 6) is -1.87. The van der Waals surface area contributed by atoms with E-state index in [0.717, 1.165) is 24.6 Å². The molecular formula is C18H21F3N6O3. The molecule has 0 bridgehead atoms. The molecule has 4 rings (SSSR count). The molecule has 0 saturated carbocycles. The Morgan fingerprint density at radius 1 is 1.10 bits per heavy atom. The summed E-state index contributed by atoms with van der Waals surface area (Å²) in [6.07, 6.45) is 4.26. The van der Waals surface area contributed by atoms with Crippen LogP contribution in [0, 0.1) is 0 Å².